The van der Waals surface area contributed by atoms with Crippen molar-refractivity contribution in [1.29, 1.82) is 0 Å². The third kappa shape index (κ3) is 4.16. The predicted octanol–water partition coefficient (Wildman–Crippen LogP) is 2.60. The maximum atomic E-state index is 12.6. The van der Waals surface area contributed by atoms with E-state index >= 15 is 0 Å². The minimum Gasteiger partial charge on any atom is -0.380 e. The van der Waals surface area contributed by atoms with Crippen molar-refractivity contribution in [1.82, 2.24) is 15.0 Å². The Balaban J connectivity index is 1.66. The molecule has 0 amide bonds. The lowest BCUT2D eigenvalue weighted by Crippen LogP contribution is -2.35. The minimum atomic E-state index is -4.38. The Hall–Kier alpha value is -2.42. The summed E-state index contributed by atoms with van der Waals surface area (Å²) in [6.45, 7) is 1.21. The van der Waals surface area contributed by atoms with E-state index in [9.17, 15) is 13.2 Å². The zero-order chi connectivity index (χ0) is 17.9. The van der Waals surface area contributed by atoms with Gasteiger partial charge in [-0.05, 0) is 24.6 Å². The van der Waals surface area contributed by atoms with Gasteiger partial charge in [-0.1, -0.05) is 0 Å². The Labute approximate surface area is 143 Å². The number of hydrogen-bond donors (Lipinski definition) is 1. The average Bonchev–Trinajstić information content (AvgIpc) is 3.04. The molecular formula is C16H18F3N5O. The molecule has 1 aliphatic rings. The monoisotopic (exact) mass is 353 g/mol. The summed E-state index contributed by atoms with van der Waals surface area (Å²) in [7, 11) is 1.66. The van der Waals surface area contributed by atoms with Crippen molar-refractivity contribution in [2.24, 2.45) is 0 Å². The lowest BCUT2D eigenvalue weighted by atomic mass is 10.2. The molecule has 1 aliphatic heterocycles. The zero-order valence-electron chi connectivity index (χ0n) is 13.6. The van der Waals surface area contributed by atoms with Crippen LogP contribution in [0, 0.1) is 0 Å². The Bertz CT molecular complexity index is 680. The molecule has 1 saturated heterocycles. The summed E-state index contributed by atoms with van der Waals surface area (Å²) in [5, 5.41) is 3.09. The molecule has 0 spiro atoms. The number of aromatic nitrogens is 3. The summed E-state index contributed by atoms with van der Waals surface area (Å²) in [6, 6.07) is 4.26. The van der Waals surface area contributed by atoms with Crippen molar-refractivity contribution in [3.05, 3.63) is 42.5 Å². The van der Waals surface area contributed by atoms with Crippen molar-refractivity contribution < 1.29 is 17.9 Å². The lowest BCUT2D eigenvalue weighted by Gasteiger charge is -2.25. The van der Waals surface area contributed by atoms with E-state index in [2.05, 4.69) is 25.2 Å². The summed E-state index contributed by atoms with van der Waals surface area (Å²) < 4.78 is 43.2. The fourth-order valence-corrected chi connectivity index (χ4v) is 2.86. The lowest BCUT2D eigenvalue weighted by molar-refractivity contribution is -0.137. The van der Waals surface area contributed by atoms with Gasteiger partial charge >= 0.3 is 6.18 Å². The quantitative estimate of drug-likeness (QED) is 0.892. The molecular weight excluding hydrogens is 335 g/mol. The molecule has 0 bridgehead atoms. The Kier molecular flexibility index (Phi) is 5.03. The second-order valence-corrected chi connectivity index (χ2v) is 5.78. The number of rotatable bonds is 5. The van der Waals surface area contributed by atoms with E-state index in [0.717, 1.165) is 24.5 Å². The van der Waals surface area contributed by atoms with Gasteiger partial charge in [0.15, 0.2) is 0 Å². The highest BCUT2D eigenvalue weighted by Gasteiger charge is 2.33. The van der Waals surface area contributed by atoms with Crippen molar-refractivity contribution in [3.63, 3.8) is 0 Å². The van der Waals surface area contributed by atoms with Gasteiger partial charge in [0.1, 0.15) is 18.0 Å². The first kappa shape index (κ1) is 17.4. The first-order chi connectivity index (χ1) is 12.0. The first-order valence-corrected chi connectivity index (χ1v) is 7.80. The van der Waals surface area contributed by atoms with E-state index in [1.54, 1.807) is 13.3 Å². The number of alkyl halides is 3. The van der Waals surface area contributed by atoms with E-state index in [-0.39, 0.29) is 12.1 Å². The fourth-order valence-electron chi connectivity index (χ4n) is 2.86. The van der Waals surface area contributed by atoms with Crippen molar-refractivity contribution in [2.45, 2.75) is 24.7 Å². The van der Waals surface area contributed by atoms with E-state index in [1.165, 1.54) is 12.4 Å². The van der Waals surface area contributed by atoms with Crippen LogP contribution in [0.25, 0.3) is 0 Å². The molecule has 0 unspecified atom stereocenters. The molecule has 9 heteroatoms. The van der Waals surface area contributed by atoms with Crippen LogP contribution in [-0.4, -0.2) is 47.3 Å². The van der Waals surface area contributed by atoms with Crippen LogP contribution >= 0.6 is 0 Å². The Morgan fingerprint density at radius 3 is 2.72 bits per heavy atom. The maximum absolute atomic E-state index is 12.6. The smallest absolute Gasteiger partial charge is 0.380 e. The van der Waals surface area contributed by atoms with Gasteiger partial charge in [-0.2, -0.15) is 13.2 Å². The molecule has 0 aliphatic carbocycles. The van der Waals surface area contributed by atoms with Crippen LogP contribution in [-0.2, 0) is 10.9 Å². The summed E-state index contributed by atoms with van der Waals surface area (Å²) >= 11 is 0. The topological polar surface area (TPSA) is 63.2 Å². The van der Waals surface area contributed by atoms with Gasteiger partial charge in [-0.15, -0.1) is 0 Å². The predicted molar refractivity (Wildman–Crippen MR) is 86.3 cm³/mol. The maximum Gasteiger partial charge on any atom is 0.417 e. The van der Waals surface area contributed by atoms with Crippen LogP contribution in [0.5, 0.6) is 0 Å². The first-order valence-electron chi connectivity index (χ1n) is 7.80. The van der Waals surface area contributed by atoms with Gasteiger partial charge in [-0.3, -0.25) is 0 Å². The summed E-state index contributed by atoms with van der Waals surface area (Å²) in [4.78, 5) is 14.1. The molecule has 1 fully saturated rings. The van der Waals surface area contributed by atoms with Crippen LogP contribution in [0.4, 0.5) is 24.8 Å². The molecule has 2 atom stereocenters. The molecule has 1 N–H and O–H groups in total. The van der Waals surface area contributed by atoms with E-state index in [4.69, 9.17) is 4.74 Å². The van der Waals surface area contributed by atoms with Gasteiger partial charge in [-0.25, -0.2) is 15.0 Å². The second kappa shape index (κ2) is 7.22. The molecule has 3 heterocycles. The number of nitrogens with zero attached hydrogens (tertiary/aromatic N) is 4. The van der Waals surface area contributed by atoms with Crippen molar-refractivity contribution in [2.75, 3.05) is 30.4 Å². The standard InChI is InChI=1S/C16H18F3N5O/c1-25-13-6-12(24(9-13)15-4-5-20-10-23-15)8-22-14-3-2-11(7-21-14)16(17,18)19/h2-5,7,10,12-13H,6,8-9H2,1H3,(H,21,22)/t12-,13-/m1/s1. The number of methoxy groups -OCH3 is 1. The van der Waals surface area contributed by atoms with Crippen molar-refractivity contribution >= 4 is 11.6 Å². The molecule has 134 valence electrons. The molecule has 0 aromatic carbocycles. The van der Waals surface area contributed by atoms with Crippen LogP contribution in [0.15, 0.2) is 36.9 Å². The second-order valence-electron chi connectivity index (χ2n) is 5.78. The molecule has 2 aromatic rings. The highest BCUT2D eigenvalue weighted by atomic mass is 19.4. The van der Waals surface area contributed by atoms with Gasteiger partial charge in [0, 0.05) is 32.6 Å². The number of ether oxygens (including phenoxy) is 1. The molecule has 2 aromatic heterocycles. The third-order valence-corrected chi connectivity index (χ3v) is 4.18. The number of pyridine rings is 1. The summed E-state index contributed by atoms with van der Waals surface area (Å²) in [6.07, 6.45) is 0.460. The third-order valence-electron chi connectivity index (χ3n) is 4.18. The van der Waals surface area contributed by atoms with Gasteiger partial charge in [0.2, 0.25) is 0 Å². The molecule has 0 saturated carbocycles. The fraction of sp³-hybridized carbons (Fsp3) is 0.438. The Morgan fingerprint density at radius 1 is 1.28 bits per heavy atom. The van der Waals surface area contributed by atoms with Crippen LogP contribution < -0.4 is 10.2 Å². The van der Waals surface area contributed by atoms with Gasteiger partial charge in [0.25, 0.3) is 0 Å². The van der Waals surface area contributed by atoms with E-state index < -0.39 is 11.7 Å². The zero-order valence-corrected chi connectivity index (χ0v) is 13.6. The average molecular weight is 353 g/mol. The molecule has 25 heavy (non-hydrogen) atoms. The van der Waals surface area contributed by atoms with E-state index in [0.29, 0.717) is 18.9 Å². The summed E-state index contributed by atoms with van der Waals surface area (Å²) in [5.74, 6) is 1.19. The van der Waals surface area contributed by atoms with Crippen LogP contribution in [0.1, 0.15) is 12.0 Å². The summed E-state index contributed by atoms with van der Waals surface area (Å²) in [5.41, 5.74) is -0.763. The highest BCUT2D eigenvalue weighted by molar-refractivity contribution is 5.42. The molecule has 0 radical (unpaired) electrons. The normalized spacial score (nSPS) is 20.7. The number of halogens is 3. The molecule has 3 rings (SSSR count). The van der Waals surface area contributed by atoms with Crippen LogP contribution in [0.2, 0.25) is 0 Å². The number of anilines is 2. The van der Waals surface area contributed by atoms with Gasteiger partial charge in [0.05, 0.1) is 17.7 Å². The van der Waals surface area contributed by atoms with Crippen LogP contribution in [0.3, 0.4) is 0 Å². The van der Waals surface area contributed by atoms with E-state index in [1.807, 2.05) is 6.07 Å². The number of hydrogen-bond acceptors (Lipinski definition) is 6. The number of nitrogens with one attached hydrogen (secondary N) is 1. The minimum absolute atomic E-state index is 0.0716. The molecule has 6 nitrogen and oxygen atoms in total. The highest BCUT2D eigenvalue weighted by Crippen LogP contribution is 2.29. The van der Waals surface area contributed by atoms with Gasteiger partial charge < -0.3 is 15.0 Å². The van der Waals surface area contributed by atoms with Crippen molar-refractivity contribution in [3.8, 4) is 0 Å². The largest absolute Gasteiger partial charge is 0.417 e. The SMILES string of the molecule is CO[C@@H]1C[C@H](CNc2ccc(C(F)(F)F)cn2)N(c2ccncn2)C1. The Morgan fingerprint density at radius 2 is 2.12 bits per heavy atom.